The minimum absolute atomic E-state index is 0.248. The van der Waals surface area contributed by atoms with Crippen LogP contribution in [0.2, 0.25) is 0 Å². The summed E-state index contributed by atoms with van der Waals surface area (Å²) >= 11 is 4.15. The molecule has 130 valence electrons. The van der Waals surface area contributed by atoms with Crippen LogP contribution in [0.1, 0.15) is 24.0 Å². The van der Waals surface area contributed by atoms with Crippen LogP contribution >= 0.6 is 45.2 Å². The quantitative estimate of drug-likeness (QED) is 0.306. The molecule has 0 N–H and O–H groups in total. The van der Waals surface area contributed by atoms with Crippen LogP contribution in [0.4, 0.5) is 8.78 Å². The van der Waals surface area contributed by atoms with E-state index >= 15 is 0 Å². The zero-order valence-electron chi connectivity index (χ0n) is 13.5. The molecular weight excluding hydrogens is 540 g/mol. The Bertz CT molecular complexity index is 613. The van der Waals surface area contributed by atoms with Gasteiger partial charge in [0.1, 0.15) is 23.1 Å². The van der Waals surface area contributed by atoms with Crippen LogP contribution in [0, 0.1) is 32.6 Å². The fourth-order valence-electron chi connectivity index (χ4n) is 2.30. The Labute approximate surface area is 168 Å². The highest BCUT2D eigenvalue weighted by Gasteiger charge is 2.09. The summed E-state index contributed by atoms with van der Waals surface area (Å²) in [5.41, 5.74) is 1.60. The lowest BCUT2D eigenvalue weighted by atomic mass is 10.2. The van der Waals surface area contributed by atoms with Crippen LogP contribution in [-0.4, -0.2) is 13.2 Å². The van der Waals surface area contributed by atoms with Crippen LogP contribution in [0.3, 0.4) is 0 Å². The fourth-order valence-corrected chi connectivity index (χ4v) is 4.05. The van der Waals surface area contributed by atoms with Crippen molar-refractivity contribution in [2.75, 3.05) is 13.2 Å². The molecule has 0 unspecified atom stereocenters. The van der Waals surface area contributed by atoms with Gasteiger partial charge in [-0.15, -0.1) is 0 Å². The van der Waals surface area contributed by atoms with Gasteiger partial charge < -0.3 is 9.47 Å². The maximum Gasteiger partial charge on any atom is 0.135 e. The molecular formula is C18H18F2I2O2. The SMILES string of the molecule is Cc1cc(F)cc(I)c1OCCCCOc1c(C)cc(F)cc1I. The standard InChI is InChI=1S/C18H18F2I2O2/c1-11-7-13(19)9-15(21)17(11)23-5-3-4-6-24-18-12(2)8-14(20)10-16(18)22/h7-10H,3-6H2,1-2H3. The average molecular weight is 558 g/mol. The minimum Gasteiger partial charge on any atom is -0.492 e. The first-order valence-electron chi connectivity index (χ1n) is 7.55. The topological polar surface area (TPSA) is 18.5 Å². The Kier molecular flexibility index (Phi) is 7.52. The van der Waals surface area contributed by atoms with Crippen LogP contribution < -0.4 is 9.47 Å². The molecule has 24 heavy (non-hydrogen) atoms. The Morgan fingerprint density at radius 1 is 0.750 bits per heavy atom. The van der Waals surface area contributed by atoms with Crippen molar-refractivity contribution in [3.05, 3.63) is 54.2 Å². The maximum absolute atomic E-state index is 13.2. The van der Waals surface area contributed by atoms with E-state index in [1.807, 2.05) is 13.8 Å². The second kappa shape index (κ2) is 9.17. The van der Waals surface area contributed by atoms with Crippen molar-refractivity contribution in [2.24, 2.45) is 0 Å². The highest BCUT2D eigenvalue weighted by atomic mass is 127. The molecule has 0 radical (unpaired) electrons. The number of rotatable bonds is 7. The summed E-state index contributed by atoms with van der Waals surface area (Å²) in [6.45, 7) is 4.77. The summed E-state index contributed by atoms with van der Waals surface area (Å²) in [4.78, 5) is 0. The molecule has 0 fully saturated rings. The van der Waals surface area contributed by atoms with Gasteiger partial charge in [-0.2, -0.15) is 0 Å². The van der Waals surface area contributed by atoms with Crippen LogP contribution in [0.15, 0.2) is 24.3 Å². The summed E-state index contributed by atoms with van der Waals surface area (Å²) in [5.74, 6) is 0.979. The predicted octanol–water partition coefficient (Wildman–Crippen LogP) is 6.03. The zero-order valence-corrected chi connectivity index (χ0v) is 17.8. The first kappa shape index (κ1) is 19.7. The van der Waals surface area contributed by atoms with Crippen LogP contribution in [0.5, 0.6) is 11.5 Å². The molecule has 0 spiro atoms. The largest absolute Gasteiger partial charge is 0.492 e. The van der Waals surface area contributed by atoms with E-state index in [0.29, 0.717) is 13.2 Å². The Morgan fingerprint density at radius 2 is 1.12 bits per heavy atom. The van der Waals surface area contributed by atoms with E-state index in [0.717, 1.165) is 42.6 Å². The molecule has 0 aromatic heterocycles. The normalized spacial score (nSPS) is 10.8. The summed E-state index contributed by atoms with van der Waals surface area (Å²) in [6, 6.07) is 5.87. The molecule has 0 aliphatic carbocycles. The third-order valence-corrected chi connectivity index (χ3v) is 5.02. The number of ether oxygens (including phenoxy) is 2. The minimum atomic E-state index is -0.248. The number of aryl methyl sites for hydroxylation is 2. The van der Waals surface area contributed by atoms with Gasteiger partial charge in [0.05, 0.1) is 20.4 Å². The van der Waals surface area contributed by atoms with Gasteiger partial charge in [-0.1, -0.05) is 0 Å². The molecule has 2 aromatic carbocycles. The molecule has 2 nitrogen and oxygen atoms in total. The first-order valence-corrected chi connectivity index (χ1v) is 9.71. The summed E-state index contributed by atoms with van der Waals surface area (Å²) in [5, 5.41) is 0. The number of unbranched alkanes of at least 4 members (excludes halogenated alkanes) is 1. The van der Waals surface area contributed by atoms with Gasteiger partial charge in [0.15, 0.2) is 0 Å². The van der Waals surface area contributed by atoms with Gasteiger partial charge in [-0.05, 0) is 107 Å². The fraction of sp³-hybridized carbons (Fsp3) is 0.333. The maximum atomic E-state index is 13.2. The Balaban J connectivity index is 1.77. The van der Waals surface area contributed by atoms with Crippen molar-refractivity contribution in [3.8, 4) is 11.5 Å². The van der Waals surface area contributed by atoms with Crippen molar-refractivity contribution in [1.29, 1.82) is 0 Å². The van der Waals surface area contributed by atoms with Gasteiger partial charge in [0, 0.05) is 0 Å². The van der Waals surface area contributed by atoms with E-state index < -0.39 is 0 Å². The molecule has 0 bridgehead atoms. The van der Waals surface area contributed by atoms with E-state index in [1.165, 1.54) is 24.3 Å². The predicted molar refractivity (Wildman–Crippen MR) is 108 cm³/mol. The second-order valence-corrected chi connectivity index (χ2v) is 7.80. The Hall–Kier alpha value is -0.640. The zero-order chi connectivity index (χ0) is 17.7. The highest BCUT2D eigenvalue weighted by molar-refractivity contribution is 14.1. The lowest BCUT2D eigenvalue weighted by molar-refractivity contribution is 0.262. The van der Waals surface area contributed by atoms with E-state index in [-0.39, 0.29) is 11.6 Å². The highest BCUT2D eigenvalue weighted by Crippen LogP contribution is 2.28. The van der Waals surface area contributed by atoms with Gasteiger partial charge in [0.25, 0.3) is 0 Å². The molecule has 0 aliphatic heterocycles. The third kappa shape index (κ3) is 5.44. The van der Waals surface area contributed by atoms with Gasteiger partial charge >= 0.3 is 0 Å². The van der Waals surface area contributed by atoms with Gasteiger partial charge in [-0.3, -0.25) is 0 Å². The monoisotopic (exact) mass is 558 g/mol. The number of hydrogen-bond acceptors (Lipinski definition) is 2. The van der Waals surface area contributed by atoms with E-state index in [9.17, 15) is 8.78 Å². The van der Waals surface area contributed by atoms with Gasteiger partial charge in [0.2, 0.25) is 0 Å². The number of hydrogen-bond donors (Lipinski definition) is 0. The molecule has 2 rings (SSSR count). The molecule has 2 aromatic rings. The summed E-state index contributed by atoms with van der Waals surface area (Å²) in [6.07, 6.45) is 1.65. The van der Waals surface area contributed by atoms with E-state index in [4.69, 9.17) is 9.47 Å². The summed E-state index contributed by atoms with van der Waals surface area (Å²) in [7, 11) is 0. The van der Waals surface area contributed by atoms with E-state index in [2.05, 4.69) is 45.2 Å². The first-order chi connectivity index (χ1) is 11.4. The van der Waals surface area contributed by atoms with Gasteiger partial charge in [-0.25, -0.2) is 8.78 Å². The molecule has 0 atom stereocenters. The van der Waals surface area contributed by atoms with Crippen LogP contribution in [-0.2, 0) is 0 Å². The van der Waals surface area contributed by atoms with Crippen molar-refractivity contribution in [1.82, 2.24) is 0 Å². The Morgan fingerprint density at radius 3 is 1.46 bits per heavy atom. The van der Waals surface area contributed by atoms with Crippen LogP contribution in [0.25, 0.3) is 0 Å². The molecule has 0 amide bonds. The van der Waals surface area contributed by atoms with Crippen molar-refractivity contribution < 1.29 is 18.3 Å². The van der Waals surface area contributed by atoms with Crippen molar-refractivity contribution in [2.45, 2.75) is 26.7 Å². The molecule has 6 heteroatoms. The molecule has 0 aliphatic rings. The molecule has 0 saturated carbocycles. The second-order valence-electron chi connectivity index (χ2n) is 5.47. The number of benzene rings is 2. The summed E-state index contributed by atoms with van der Waals surface area (Å²) < 4.78 is 39.6. The molecule has 0 heterocycles. The van der Waals surface area contributed by atoms with E-state index in [1.54, 1.807) is 0 Å². The lowest BCUT2D eigenvalue weighted by Gasteiger charge is -2.13. The number of halogens is 4. The van der Waals surface area contributed by atoms with Crippen molar-refractivity contribution in [3.63, 3.8) is 0 Å². The van der Waals surface area contributed by atoms with Crippen molar-refractivity contribution >= 4 is 45.2 Å². The molecule has 0 saturated heterocycles. The smallest absolute Gasteiger partial charge is 0.135 e. The average Bonchev–Trinajstić information content (AvgIpc) is 2.46. The lowest BCUT2D eigenvalue weighted by Crippen LogP contribution is -2.05. The third-order valence-electron chi connectivity index (χ3n) is 3.42.